The van der Waals surface area contributed by atoms with Crippen LogP contribution in [0.3, 0.4) is 0 Å². The number of likely N-dealkylation sites (tertiary alicyclic amines) is 1. The Hall–Kier alpha value is -1.10. The van der Waals surface area contributed by atoms with Gasteiger partial charge in [-0.15, -0.1) is 0 Å². The fourth-order valence-electron chi connectivity index (χ4n) is 2.52. The summed E-state index contributed by atoms with van der Waals surface area (Å²) in [5, 5.41) is 10.4. The average Bonchev–Trinajstić information content (AvgIpc) is 2.86. The van der Waals surface area contributed by atoms with Crippen LogP contribution in [-0.2, 0) is 11.3 Å². The Morgan fingerprint density at radius 3 is 3.17 bits per heavy atom. The van der Waals surface area contributed by atoms with Gasteiger partial charge in [0.05, 0.1) is 12.7 Å². The Kier molecular flexibility index (Phi) is 3.24. The molecular formula is C13H15ClN2O2. The summed E-state index contributed by atoms with van der Waals surface area (Å²) in [7, 11) is 0. The number of hydrogen-bond donors (Lipinski definition) is 1. The van der Waals surface area contributed by atoms with Crippen molar-refractivity contribution in [1.29, 1.82) is 0 Å². The first-order chi connectivity index (χ1) is 8.74. The molecule has 2 atom stereocenters. The minimum Gasteiger partial charge on any atom is -0.390 e. The van der Waals surface area contributed by atoms with E-state index in [-0.39, 0.29) is 12.2 Å². The van der Waals surface area contributed by atoms with E-state index in [2.05, 4.69) is 16.0 Å². The van der Waals surface area contributed by atoms with E-state index < -0.39 is 0 Å². The first-order valence-electron chi connectivity index (χ1n) is 6.09. The Morgan fingerprint density at radius 2 is 2.39 bits per heavy atom. The first-order valence-corrected chi connectivity index (χ1v) is 6.47. The van der Waals surface area contributed by atoms with Crippen LogP contribution in [0.2, 0.25) is 5.15 Å². The van der Waals surface area contributed by atoms with Crippen molar-refractivity contribution >= 4 is 11.6 Å². The van der Waals surface area contributed by atoms with Crippen molar-refractivity contribution in [3.05, 3.63) is 40.8 Å². The molecule has 0 saturated carbocycles. The molecule has 3 heterocycles. The molecule has 2 unspecified atom stereocenters. The second-order valence-corrected chi connectivity index (χ2v) is 5.04. The van der Waals surface area contributed by atoms with Gasteiger partial charge in [0.1, 0.15) is 11.3 Å². The zero-order valence-electron chi connectivity index (χ0n) is 9.92. The van der Waals surface area contributed by atoms with Crippen LogP contribution in [0.15, 0.2) is 30.1 Å². The van der Waals surface area contributed by atoms with Gasteiger partial charge in [0.2, 0.25) is 0 Å². The lowest BCUT2D eigenvalue weighted by Crippen LogP contribution is -2.43. The van der Waals surface area contributed by atoms with Crippen molar-refractivity contribution in [2.75, 3.05) is 13.2 Å². The van der Waals surface area contributed by atoms with E-state index in [1.54, 1.807) is 12.3 Å². The maximum Gasteiger partial charge on any atom is 0.129 e. The highest BCUT2D eigenvalue weighted by atomic mass is 35.5. The van der Waals surface area contributed by atoms with Crippen LogP contribution in [0.5, 0.6) is 0 Å². The predicted octanol–water partition coefficient (Wildman–Crippen LogP) is 1.58. The lowest BCUT2D eigenvalue weighted by atomic mass is 10.0. The maximum absolute atomic E-state index is 9.88. The van der Waals surface area contributed by atoms with Crippen LogP contribution in [0.25, 0.3) is 0 Å². The van der Waals surface area contributed by atoms with E-state index in [9.17, 15) is 5.11 Å². The third kappa shape index (κ3) is 2.23. The quantitative estimate of drug-likeness (QED) is 0.826. The van der Waals surface area contributed by atoms with Crippen LogP contribution < -0.4 is 0 Å². The molecule has 0 spiro atoms. The van der Waals surface area contributed by atoms with E-state index in [1.807, 2.05) is 6.07 Å². The van der Waals surface area contributed by atoms with Crippen LogP contribution >= 0.6 is 11.6 Å². The molecule has 0 amide bonds. The molecule has 1 aromatic heterocycles. The molecular weight excluding hydrogens is 252 g/mol. The van der Waals surface area contributed by atoms with E-state index >= 15 is 0 Å². The summed E-state index contributed by atoms with van der Waals surface area (Å²) in [5.74, 6) is 0. The molecule has 1 fully saturated rings. The van der Waals surface area contributed by atoms with Gasteiger partial charge in [-0.2, -0.15) is 0 Å². The molecule has 1 saturated heterocycles. The highest BCUT2D eigenvalue weighted by Crippen LogP contribution is 2.29. The monoisotopic (exact) mass is 266 g/mol. The molecule has 2 aliphatic rings. The Labute approximate surface area is 111 Å². The second kappa shape index (κ2) is 4.88. The SMILES string of the molecule is OC1CCN(Cc2ccc(Cl)nc2)C2=CCOC21. The predicted molar refractivity (Wildman–Crippen MR) is 68.1 cm³/mol. The molecule has 0 aromatic carbocycles. The molecule has 5 heteroatoms. The number of nitrogens with zero attached hydrogens (tertiary/aromatic N) is 2. The van der Waals surface area contributed by atoms with Gasteiger partial charge in [0, 0.05) is 25.0 Å². The Morgan fingerprint density at radius 1 is 1.50 bits per heavy atom. The van der Waals surface area contributed by atoms with Gasteiger partial charge >= 0.3 is 0 Å². The lowest BCUT2D eigenvalue weighted by Gasteiger charge is -2.37. The number of aromatic nitrogens is 1. The van der Waals surface area contributed by atoms with E-state index in [1.165, 1.54) is 0 Å². The fraction of sp³-hybridized carbons (Fsp3) is 0.462. The van der Waals surface area contributed by atoms with Crippen molar-refractivity contribution < 1.29 is 9.84 Å². The number of piperidine rings is 1. The van der Waals surface area contributed by atoms with Crippen LogP contribution in [0.4, 0.5) is 0 Å². The number of rotatable bonds is 2. The standard InChI is InChI=1S/C13H15ClN2O2/c14-12-2-1-9(7-15-12)8-16-5-3-11(17)13-10(16)4-6-18-13/h1-2,4,7,11,13,17H,3,5-6,8H2. The molecule has 1 N–H and O–H groups in total. The number of pyridine rings is 1. The van der Waals surface area contributed by atoms with Crippen molar-refractivity contribution in [3.8, 4) is 0 Å². The van der Waals surface area contributed by atoms with Gasteiger partial charge in [-0.05, 0) is 24.1 Å². The number of aliphatic hydroxyl groups is 1. The van der Waals surface area contributed by atoms with Crippen LogP contribution in [0.1, 0.15) is 12.0 Å². The zero-order chi connectivity index (χ0) is 12.5. The molecule has 18 heavy (non-hydrogen) atoms. The number of ether oxygens (including phenoxy) is 1. The highest BCUT2D eigenvalue weighted by Gasteiger charge is 2.35. The third-order valence-corrected chi connectivity index (χ3v) is 3.65. The van der Waals surface area contributed by atoms with Gasteiger partial charge in [-0.3, -0.25) is 0 Å². The first kappa shape index (κ1) is 12.0. The van der Waals surface area contributed by atoms with Crippen molar-refractivity contribution in [1.82, 2.24) is 9.88 Å². The lowest BCUT2D eigenvalue weighted by molar-refractivity contribution is -0.0298. The zero-order valence-corrected chi connectivity index (χ0v) is 10.7. The Balaban J connectivity index is 1.75. The second-order valence-electron chi connectivity index (χ2n) is 4.65. The summed E-state index contributed by atoms with van der Waals surface area (Å²) >= 11 is 5.77. The summed E-state index contributed by atoms with van der Waals surface area (Å²) < 4.78 is 5.54. The summed E-state index contributed by atoms with van der Waals surface area (Å²) in [6.07, 6.45) is 4.05. The number of fused-ring (bicyclic) bond motifs is 1. The number of halogens is 1. The molecule has 0 aliphatic carbocycles. The molecule has 0 radical (unpaired) electrons. The van der Waals surface area contributed by atoms with E-state index in [0.717, 1.165) is 30.8 Å². The summed E-state index contributed by atoms with van der Waals surface area (Å²) in [6.45, 7) is 2.21. The average molecular weight is 267 g/mol. The summed E-state index contributed by atoms with van der Waals surface area (Å²) in [5.41, 5.74) is 2.21. The Bertz CT molecular complexity index is 461. The van der Waals surface area contributed by atoms with Crippen molar-refractivity contribution in [2.24, 2.45) is 0 Å². The fourth-order valence-corrected chi connectivity index (χ4v) is 2.63. The van der Waals surface area contributed by atoms with Crippen LogP contribution in [-0.4, -0.2) is 40.3 Å². The normalized spacial score (nSPS) is 27.0. The van der Waals surface area contributed by atoms with Gasteiger partial charge in [-0.1, -0.05) is 17.7 Å². The number of hydrogen-bond acceptors (Lipinski definition) is 4. The topological polar surface area (TPSA) is 45.6 Å². The smallest absolute Gasteiger partial charge is 0.129 e. The molecule has 0 bridgehead atoms. The van der Waals surface area contributed by atoms with Gasteiger partial charge < -0.3 is 14.7 Å². The van der Waals surface area contributed by atoms with Crippen LogP contribution in [0, 0.1) is 0 Å². The molecule has 2 aliphatic heterocycles. The molecule has 4 nitrogen and oxygen atoms in total. The minimum atomic E-state index is -0.377. The third-order valence-electron chi connectivity index (χ3n) is 3.43. The van der Waals surface area contributed by atoms with Gasteiger partial charge in [-0.25, -0.2) is 4.98 Å². The number of aliphatic hydroxyl groups excluding tert-OH is 1. The molecule has 96 valence electrons. The molecule has 1 aromatic rings. The largest absolute Gasteiger partial charge is 0.390 e. The van der Waals surface area contributed by atoms with E-state index in [0.29, 0.717) is 11.8 Å². The van der Waals surface area contributed by atoms with Crippen molar-refractivity contribution in [2.45, 2.75) is 25.2 Å². The van der Waals surface area contributed by atoms with Crippen molar-refractivity contribution in [3.63, 3.8) is 0 Å². The minimum absolute atomic E-state index is 0.154. The molecule has 3 rings (SSSR count). The summed E-state index contributed by atoms with van der Waals surface area (Å²) in [4.78, 5) is 6.33. The maximum atomic E-state index is 9.88. The summed E-state index contributed by atoms with van der Waals surface area (Å²) in [6, 6.07) is 3.78. The van der Waals surface area contributed by atoms with Gasteiger partial charge in [0.15, 0.2) is 0 Å². The van der Waals surface area contributed by atoms with Gasteiger partial charge in [0.25, 0.3) is 0 Å². The van der Waals surface area contributed by atoms with E-state index in [4.69, 9.17) is 16.3 Å². The highest BCUT2D eigenvalue weighted by molar-refractivity contribution is 6.29.